The van der Waals surface area contributed by atoms with Gasteiger partial charge in [-0.3, -0.25) is 9.78 Å². The van der Waals surface area contributed by atoms with E-state index in [2.05, 4.69) is 16.4 Å². The predicted molar refractivity (Wildman–Crippen MR) is 101 cm³/mol. The van der Waals surface area contributed by atoms with E-state index in [-0.39, 0.29) is 5.91 Å². The summed E-state index contributed by atoms with van der Waals surface area (Å²) in [6.45, 7) is 3.93. The molecule has 6 nitrogen and oxygen atoms in total. The van der Waals surface area contributed by atoms with E-state index in [4.69, 9.17) is 10.1 Å². The Kier molecular flexibility index (Phi) is 8.55. The van der Waals surface area contributed by atoms with Crippen molar-refractivity contribution in [2.24, 2.45) is 7.05 Å². The minimum Gasteiger partial charge on any atom is -0.355 e. The highest BCUT2D eigenvalue weighted by molar-refractivity contribution is 6.02. The van der Waals surface area contributed by atoms with E-state index in [1.807, 2.05) is 68.1 Å². The van der Waals surface area contributed by atoms with Crippen LogP contribution in [0.3, 0.4) is 0 Å². The highest BCUT2D eigenvalue weighted by Gasteiger charge is 2.06. The van der Waals surface area contributed by atoms with Crippen LogP contribution in [0.5, 0.6) is 0 Å². The summed E-state index contributed by atoms with van der Waals surface area (Å²) in [4.78, 5) is 23.6. The quantitative estimate of drug-likeness (QED) is 0.769. The monoisotopic (exact) mass is 348 g/mol. The molecule has 0 spiro atoms. The van der Waals surface area contributed by atoms with Crippen molar-refractivity contribution in [3.05, 3.63) is 83.9 Å². The lowest BCUT2D eigenvalue weighted by molar-refractivity contribution is -0.0980. The van der Waals surface area contributed by atoms with Crippen LogP contribution in [0.2, 0.25) is 0 Å². The average Bonchev–Trinajstić information content (AvgIpc) is 3.09. The van der Waals surface area contributed by atoms with Gasteiger partial charge in [-0.1, -0.05) is 24.3 Å². The second kappa shape index (κ2) is 10.9. The number of nitrogens with one attached hydrogen (secondary N) is 1. The molecule has 0 atom stereocenters. The molecule has 6 heteroatoms. The number of hydrogen-bond donors (Lipinski definition) is 1. The first-order valence-electron chi connectivity index (χ1n) is 7.69. The SMILES string of the molecule is C=O.Cc1ccccc1C#N.Cn1ccc(NC(=O)c2ccccn2)c1. The molecular weight excluding hydrogens is 328 g/mol. The first-order valence-corrected chi connectivity index (χ1v) is 7.69. The van der Waals surface area contributed by atoms with Crippen molar-refractivity contribution in [1.29, 1.82) is 5.26 Å². The van der Waals surface area contributed by atoms with Crippen LogP contribution in [0, 0.1) is 18.3 Å². The zero-order chi connectivity index (χ0) is 19.4. The van der Waals surface area contributed by atoms with Crippen LogP contribution < -0.4 is 5.32 Å². The van der Waals surface area contributed by atoms with E-state index < -0.39 is 0 Å². The van der Waals surface area contributed by atoms with Crippen molar-refractivity contribution in [2.75, 3.05) is 5.32 Å². The standard InChI is InChI=1S/C11H11N3O.C8H7N.CH2O/c1-14-7-5-9(8-14)13-11(15)10-4-2-3-6-12-10;1-7-4-2-3-5-8(7)6-9;1-2/h2-8H,1H3,(H,13,15);2-5H,1H3;1H2. The molecule has 1 amide bonds. The van der Waals surface area contributed by atoms with Gasteiger partial charge in [-0.05, 0) is 36.8 Å². The van der Waals surface area contributed by atoms with Crippen LogP contribution in [0.1, 0.15) is 21.6 Å². The fourth-order valence-corrected chi connectivity index (χ4v) is 1.97. The van der Waals surface area contributed by atoms with Crippen molar-refractivity contribution in [3.8, 4) is 6.07 Å². The molecule has 3 rings (SSSR count). The first kappa shape index (κ1) is 20.3. The zero-order valence-corrected chi connectivity index (χ0v) is 14.7. The number of aryl methyl sites for hydroxylation is 2. The Bertz CT molecular complexity index is 867. The summed E-state index contributed by atoms with van der Waals surface area (Å²) in [5.74, 6) is -0.193. The average molecular weight is 348 g/mol. The Hall–Kier alpha value is -3.72. The number of pyridine rings is 1. The van der Waals surface area contributed by atoms with Gasteiger partial charge in [0.05, 0.1) is 17.3 Å². The maximum Gasteiger partial charge on any atom is 0.274 e. The second-order valence-electron chi connectivity index (χ2n) is 5.16. The summed E-state index contributed by atoms with van der Waals surface area (Å²) in [5.41, 5.74) is 2.99. The number of benzene rings is 1. The van der Waals surface area contributed by atoms with Gasteiger partial charge < -0.3 is 14.7 Å². The molecule has 0 aliphatic rings. The lowest BCUT2D eigenvalue weighted by atomic mass is 10.1. The topological polar surface area (TPSA) is 87.8 Å². The maximum atomic E-state index is 11.6. The molecular formula is C20H20N4O2. The molecule has 0 saturated heterocycles. The number of nitriles is 1. The third-order valence-corrected chi connectivity index (χ3v) is 3.25. The minimum atomic E-state index is -0.193. The molecule has 132 valence electrons. The van der Waals surface area contributed by atoms with Crippen LogP contribution in [0.15, 0.2) is 67.1 Å². The molecule has 2 aromatic heterocycles. The van der Waals surface area contributed by atoms with E-state index in [0.29, 0.717) is 5.69 Å². The maximum absolute atomic E-state index is 11.6. The third-order valence-electron chi connectivity index (χ3n) is 3.25. The molecule has 1 aromatic carbocycles. The summed E-state index contributed by atoms with van der Waals surface area (Å²) in [6, 6.07) is 16.7. The highest BCUT2D eigenvalue weighted by Crippen LogP contribution is 2.08. The predicted octanol–water partition coefficient (Wildman–Crippen LogP) is 3.35. The van der Waals surface area contributed by atoms with Crippen LogP contribution in [-0.4, -0.2) is 22.2 Å². The molecule has 0 aliphatic carbocycles. The minimum absolute atomic E-state index is 0.193. The molecule has 0 fully saturated rings. The smallest absolute Gasteiger partial charge is 0.274 e. The van der Waals surface area contributed by atoms with Gasteiger partial charge in [-0.2, -0.15) is 5.26 Å². The van der Waals surface area contributed by atoms with E-state index in [0.717, 1.165) is 16.8 Å². The first-order chi connectivity index (χ1) is 12.6. The highest BCUT2D eigenvalue weighted by atomic mass is 16.1. The summed E-state index contributed by atoms with van der Waals surface area (Å²) in [7, 11) is 1.90. The largest absolute Gasteiger partial charge is 0.355 e. The van der Waals surface area contributed by atoms with E-state index in [1.165, 1.54) is 0 Å². The summed E-state index contributed by atoms with van der Waals surface area (Å²) < 4.78 is 1.87. The number of carbonyl (C=O) groups is 2. The lowest BCUT2D eigenvalue weighted by Gasteiger charge is -2.00. The van der Waals surface area contributed by atoms with Gasteiger partial charge in [0, 0.05) is 25.6 Å². The zero-order valence-electron chi connectivity index (χ0n) is 14.7. The van der Waals surface area contributed by atoms with E-state index in [1.54, 1.807) is 24.4 Å². The fourth-order valence-electron chi connectivity index (χ4n) is 1.97. The van der Waals surface area contributed by atoms with Crippen molar-refractivity contribution in [1.82, 2.24) is 9.55 Å². The van der Waals surface area contributed by atoms with Crippen LogP contribution in [0.25, 0.3) is 0 Å². The number of amides is 1. The molecule has 0 radical (unpaired) electrons. The van der Waals surface area contributed by atoms with Crippen LogP contribution >= 0.6 is 0 Å². The molecule has 0 bridgehead atoms. The Balaban J connectivity index is 0.000000263. The van der Waals surface area contributed by atoms with Gasteiger partial charge in [-0.25, -0.2) is 0 Å². The number of carbonyl (C=O) groups excluding carboxylic acids is 2. The molecule has 1 N–H and O–H groups in total. The molecule has 3 aromatic rings. The fraction of sp³-hybridized carbons (Fsp3) is 0.100. The number of aromatic nitrogens is 2. The molecule has 26 heavy (non-hydrogen) atoms. The Morgan fingerprint density at radius 3 is 2.35 bits per heavy atom. The molecule has 0 saturated carbocycles. The molecule has 0 aliphatic heterocycles. The number of anilines is 1. The van der Waals surface area contributed by atoms with Gasteiger partial charge in [0.25, 0.3) is 5.91 Å². The number of hydrogen-bond acceptors (Lipinski definition) is 4. The van der Waals surface area contributed by atoms with Gasteiger partial charge in [0.1, 0.15) is 12.5 Å². The molecule has 2 heterocycles. The Labute approximate surface area is 152 Å². The normalized spacial score (nSPS) is 8.81. The van der Waals surface area contributed by atoms with Crippen molar-refractivity contribution in [2.45, 2.75) is 6.92 Å². The van der Waals surface area contributed by atoms with Crippen molar-refractivity contribution >= 4 is 18.4 Å². The number of nitrogens with zero attached hydrogens (tertiary/aromatic N) is 3. The van der Waals surface area contributed by atoms with E-state index >= 15 is 0 Å². The Morgan fingerprint density at radius 2 is 1.85 bits per heavy atom. The summed E-state index contributed by atoms with van der Waals surface area (Å²) >= 11 is 0. The van der Waals surface area contributed by atoms with Gasteiger partial charge >= 0.3 is 0 Å². The molecule has 0 unspecified atom stereocenters. The third kappa shape index (κ3) is 6.42. The van der Waals surface area contributed by atoms with Gasteiger partial charge in [0.15, 0.2) is 0 Å². The second-order valence-corrected chi connectivity index (χ2v) is 5.16. The van der Waals surface area contributed by atoms with Crippen LogP contribution in [-0.2, 0) is 11.8 Å². The Morgan fingerprint density at radius 1 is 1.15 bits per heavy atom. The summed E-state index contributed by atoms with van der Waals surface area (Å²) in [5, 5.41) is 11.2. The van der Waals surface area contributed by atoms with Gasteiger partial charge in [-0.15, -0.1) is 0 Å². The lowest BCUT2D eigenvalue weighted by Crippen LogP contribution is -2.12. The van der Waals surface area contributed by atoms with Crippen LogP contribution in [0.4, 0.5) is 5.69 Å². The van der Waals surface area contributed by atoms with E-state index in [9.17, 15) is 4.79 Å². The number of rotatable bonds is 2. The van der Waals surface area contributed by atoms with Crippen molar-refractivity contribution in [3.63, 3.8) is 0 Å². The van der Waals surface area contributed by atoms with Crippen molar-refractivity contribution < 1.29 is 9.59 Å². The summed E-state index contributed by atoms with van der Waals surface area (Å²) in [6.07, 6.45) is 5.30. The van der Waals surface area contributed by atoms with Gasteiger partial charge in [0.2, 0.25) is 0 Å².